The van der Waals surface area contributed by atoms with Gasteiger partial charge >= 0.3 is 0 Å². The molecule has 0 aliphatic rings. The number of nitrogens with two attached hydrogens (primary N) is 1. The van der Waals surface area contributed by atoms with Gasteiger partial charge in [-0.3, -0.25) is 14.2 Å². The Hall–Kier alpha value is -2.59. The van der Waals surface area contributed by atoms with E-state index < -0.39 is 26.0 Å². The van der Waals surface area contributed by atoms with E-state index in [1.54, 1.807) is 0 Å². The highest BCUT2D eigenvalue weighted by Crippen LogP contribution is 2.19. The Morgan fingerprint density at radius 2 is 1.29 bits per heavy atom. The van der Waals surface area contributed by atoms with Gasteiger partial charge in [0.25, 0.3) is 10.0 Å². The van der Waals surface area contributed by atoms with Crippen LogP contribution < -0.4 is 15.2 Å². The van der Waals surface area contributed by atoms with Crippen LogP contribution in [0.3, 0.4) is 0 Å². The molecule has 0 unspecified atom stereocenters. The molecule has 4 N–H and O–H groups in total. The van der Waals surface area contributed by atoms with E-state index in [2.05, 4.69) is 9.44 Å². The smallest absolute Gasteiger partial charge is 0.261 e. The average molecular weight is 369 g/mol. The van der Waals surface area contributed by atoms with Crippen molar-refractivity contribution in [2.24, 2.45) is 5.73 Å². The normalized spacial score (nSPS) is 11.7. The summed E-state index contributed by atoms with van der Waals surface area (Å²) in [6.45, 7) is 0. The number of nitrogens with one attached hydrogen (secondary N) is 2. The fourth-order valence-electron chi connectivity index (χ4n) is 1.83. The van der Waals surface area contributed by atoms with Crippen LogP contribution in [0.5, 0.6) is 0 Å². The topological polar surface area (TPSA) is 135 Å². The number of primary amides is 1. The Balaban J connectivity index is 2.18. The molecule has 0 saturated heterocycles. The molecule has 8 nitrogen and oxygen atoms in total. The summed E-state index contributed by atoms with van der Waals surface area (Å²) in [4.78, 5) is 11.0. The first-order chi connectivity index (χ1) is 11.1. The molecule has 2 rings (SSSR count). The van der Waals surface area contributed by atoms with Crippen LogP contribution in [0.4, 0.5) is 11.4 Å². The largest absolute Gasteiger partial charge is 0.366 e. The lowest BCUT2D eigenvalue weighted by atomic mass is 10.2. The number of sulfonamides is 2. The Bertz CT molecular complexity index is 950. The summed E-state index contributed by atoms with van der Waals surface area (Å²) >= 11 is 0. The average Bonchev–Trinajstić information content (AvgIpc) is 2.47. The van der Waals surface area contributed by atoms with Crippen LogP contribution in [0.1, 0.15) is 10.4 Å². The standard InChI is InChI=1S/C14H15N3O5S2/c1-23(19,20)16-11-4-6-12(7-5-11)17-24(21,22)13-8-2-10(3-9-13)14(15)18/h2-9,16-17H,1H3,(H2,15,18). The molecule has 0 fully saturated rings. The maximum Gasteiger partial charge on any atom is 0.261 e. The van der Waals surface area contributed by atoms with E-state index in [-0.39, 0.29) is 16.1 Å². The molecule has 0 aliphatic carbocycles. The molecule has 0 saturated carbocycles. The van der Waals surface area contributed by atoms with E-state index in [9.17, 15) is 21.6 Å². The van der Waals surface area contributed by atoms with Crippen molar-refractivity contribution in [3.63, 3.8) is 0 Å². The molecule has 10 heteroatoms. The summed E-state index contributed by atoms with van der Waals surface area (Å²) in [5.74, 6) is -0.652. The van der Waals surface area contributed by atoms with E-state index in [0.717, 1.165) is 6.26 Å². The van der Waals surface area contributed by atoms with Crippen molar-refractivity contribution in [1.29, 1.82) is 0 Å². The first-order valence-corrected chi connectivity index (χ1v) is 9.95. The Kier molecular flexibility index (Phi) is 4.81. The van der Waals surface area contributed by atoms with Crippen LogP contribution in [0.25, 0.3) is 0 Å². The van der Waals surface area contributed by atoms with Gasteiger partial charge < -0.3 is 5.73 Å². The SMILES string of the molecule is CS(=O)(=O)Nc1ccc(NS(=O)(=O)c2ccc(C(N)=O)cc2)cc1. The molecule has 0 heterocycles. The Labute approximate surface area is 139 Å². The van der Waals surface area contributed by atoms with E-state index >= 15 is 0 Å². The minimum absolute atomic E-state index is 0.0363. The summed E-state index contributed by atoms with van der Waals surface area (Å²) in [6.07, 6.45) is 1.01. The van der Waals surface area contributed by atoms with Gasteiger partial charge in [0.1, 0.15) is 0 Å². The van der Waals surface area contributed by atoms with Crippen molar-refractivity contribution < 1.29 is 21.6 Å². The number of hydrogen-bond acceptors (Lipinski definition) is 5. The zero-order valence-corrected chi connectivity index (χ0v) is 14.2. The molecule has 0 radical (unpaired) electrons. The fraction of sp³-hybridized carbons (Fsp3) is 0.0714. The number of anilines is 2. The molecule has 0 atom stereocenters. The number of rotatable bonds is 6. The predicted molar refractivity (Wildman–Crippen MR) is 90.7 cm³/mol. The fourth-order valence-corrected chi connectivity index (χ4v) is 3.46. The zero-order valence-electron chi connectivity index (χ0n) is 12.6. The third-order valence-corrected chi connectivity index (χ3v) is 4.89. The van der Waals surface area contributed by atoms with E-state index in [0.29, 0.717) is 5.69 Å². The maximum absolute atomic E-state index is 12.3. The summed E-state index contributed by atoms with van der Waals surface area (Å²) in [7, 11) is -7.25. The van der Waals surface area contributed by atoms with E-state index in [1.165, 1.54) is 48.5 Å². The van der Waals surface area contributed by atoms with Crippen molar-refractivity contribution >= 4 is 37.3 Å². The van der Waals surface area contributed by atoms with Gasteiger partial charge in [0.15, 0.2) is 0 Å². The van der Waals surface area contributed by atoms with Crippen LogP contribution in [0, 0.1) is 0 Å². The highest BCUT2D eigenvalue weighted by atomic mass is 32.2. The van der Waals surface area contributed by atoms with Crippen molar-refractivity contribution in [2.45, 2.75) is 4.90 Å². The molecule has 0 aliphatic heterocycles. The molecule has 0 bridgehead atoms. The second-order valence-corrected chi connectivity index (χ2v) is 8.38. The van der Waals surface area contributed by atoms with Crippen molar-refractivity contribution in [3.05, 3.63) is 54.1 Å². The lowest BCUT2D eigenvalue weighted by molar-refractivity contribution is 0.1000. The highest BCUT2D eigenvalue weighted by molar-refractivity contribution is 7.92. The summed E-state index contributed by atoms with van der Waals surface area (Å²) in [5, 5.41) is 0. The van der Waals surface area contributed by atoms with Gasteiger partial charge in [-0.1, -0.05) is 0 Å². The minimum atomic E-state index is -3.84. The first kappa shape index (κ1) is 17.8. The molecular weight excluding hydrogens is 354 g/mol. The quantitative estimate of drug-likeness (QED) is 0.697. The molecule has 2 aromatic rings. The van der Waals surface area contributed by atoms with E-state index in [4.69, 9.17) is 5.73 Å². The van der Waals surface area contributed by atoms with Gasteiger partial charge in [0.05, 0.1) is 11.2 Å². The van der Waals surface area contributed by atoms with Gasteiger partial charge in [-0.05, 0) is 48.5 Å². The van der Waals surface area contributed by atoms with Gasteiger partial charge in [0, 0.05) is 16.9 Å². The molecule has 24 heavy (non-hydrogen) atoms. The molecule has 0 aromatic heterocycles. The molecule has 2 aromatic carbocycles. The van der Waals surface area contributed by atoms with E-state index in [1.807, 2.05) is 0 Å². The number of carbonyl (C=O) groups excluding carboxylic acids is 1. The lowest BCUT2D eigenvalue weighted by Gasteiger charge is -2.09. The number of amides is 1. The Morgan fingerprint density at radius 3 is 1.71 bits per heavy atom. The minimum Gasteiger partial charge on any atom is -0.366 e. The van der Waals surface area contributed by atoms with Crippen molar-refractivity contribution in [1.82, 2.24) is 0 Å². The first-order valence-electron chi connectivity index (χ1n) is 6.57. The Morgan fingerprint density at radius 1 is 0.833 bits per heavy atom. The predicted octanol–water partition coefficient (Wildman–Crippen LogP) is 0.958. The van der Waals surface area contributed by atoms with Gasteiger partial charge in [0.2, 0.25) is 15.9 Å². The summed E-state index contributed by atoms with van der Waals surface area (Å²) in [6, 6.07) is 10.9. The monoisotopic (exact) mass is 369 g/mol. The van der Waals surface area contributed by atoms with Crippen LogP contribution in [-0.4, -0.2) is 29.0 Å². The van der Waals surface area contributed by atoms with Crippen LogP contribution in [-0.2, 0) is 20.0 Å². The van der Waals surface area contributed by atoms with Crippen LogP contribution in [0.15, 0.2) is 53.4 Å². The van der Waals surface area contributed by atoms with Crippen molar-refractivity contribution in [2.75, 3.05) is 15.7 Å². The van der Waals surface area contributed by atoms with Gasteiger partial charge in [-0.2, -0.15) is 0 Å². The zero-order chi connectivity index (χ0) is 18.0. The van der Waals surface area contributed by atoms with Gasteiger partial charge in [-0.25, -0.2) is 16.8 Å². The number of carbonyl (C=O) groups is 1. The third-order valence-electron chi connectivity index (χ3n) is 2.89. The second-order valence-electron chi connectivity index (χ2n) is 4.95. The van der Waals surface area contributed by atoms with Gasteiger partial charge in [-0.15, -0.1) is 0 Å². The molecule has 0 spiro atoms. The van der Waals surface area contributed by atoms with Crippen molar-refractivity contribution in [3.8, 4) is 0 Å². The number of hydrogen-bond donors (Lipinski definition) is 3. The second kappa shape index (κ2) is 6.49. The van der Waals surface area contributed by atoms with Crippen LogP contribution in [0.2, 0.25) is 0 Å². The lowest BCUT2D eigenvalue weighted by Crippen LogP contribution is -2.15. The number of benzene rings is 2. The molecule has 1 amide bonds. The highest BCUT2D eigenvalue weighted by Gasteiger charge is 2.15. The molecule has 128 valence electrons. The third kappa shape index (κ3) is 4.70. The van der Waals surface area contributed by atoms with Crippen LogP contribution >= 0.6 is 0 Å². The summed E-state index contributed by atoms with van der Waals surface area (Å²) in [5.41, 5.74) is 5.87. The molecular formula is C14H15N3O5S2. The maximum atomic E-state index is 12.3. The summed E-state index contributed by atoms with van der Waals surface area (Å²) < 4.78 is 51.4.